The van der Waals surface area contributed by atoms with Crippen LogP contribution in [-0.4, -0.2) is 37.7 Å². The minimum absolute atomic E-state index is 0.0599. The zero-order valence-corrected chi connectivity index (χ0v) is 20.9. The largest absolute Gasteiger partial charge is 0.416 e. The molecule has 13 heteroatoms. The summed E-state index contributed by atoms with van der Waals surface area (Å²) in [6, 6.07) is 2.98. The molecule has 0 bridgehead atoms. The van der Waals surface area contributed by atoms with Gasteiger partial charge in [0.1, 0.15) is 6.54 Å². The van der Waals surface area contributed by atoms with Crippen LogP contribution < -0.4 is 16.2 Å². The molecule has 1 aliphatic carbocycles. The van der Waals surface area contributed by atoms with Crippen molar-refractivity contribution in [3.63, 3.8) is 0 Å². The summed E-state index contributed by atoms with van der Waals surface area (Å²) in [5.41, 5.74) is 0.0157. The summed E-state index contributed by atoms with van der Waals surface area (Å²) in [5.74, 6) is -0.300. The van der Waals surface area contributed by atoms with E-state index in [1.54, 1.807) is 4.57 Å². The van der Waals surface area contributed by atoms with Gasteiger partial charge in [-0.05, 0) is 73.3 Å². The second kappa shape index (κ2) is 8.59. The number of hydrogen-bond acceptors (Lipinski definition) is 5. The highest BCUT2D eigenvalue weighted by Crippen LogP contribution is 2.45. The highest BCUT2D eigenvalue weighted by atomic mass is 79.9. The van der Waals surface area contributed by atoms with E-state index in [-0.39, 0.29) is 44.8 Å². The van der Waals surface area contributed by atoms with Crippen LogP contribution in [-0.2, 0) is 29.4 Å². The van der Waals surface area contributed by atoms with Crippen LogP contribution in [0.5, 0.6) is 0 Å². The number of rotatable bonds is 3. The normalized spacial score (nSPS) is 22.1. The Morgan fingerprint density at radius 2 is 2.14 bits per heavy atom. The van der Waals surface area contributed by atoms with Gasteiger partial charge in [-0.3, -0.25) is 9.59 Å². The fourth-order valence-electron chi connectivity index (χ4n) is 5.42. The van der Waals surface area contributed by atoms with Gasteiger partial charge < -0.3 is 15.2 Å². The summed E-state index contributed by atoms with van der Waals surface area (Å²) in [6.07, 6.45) is -1.56. The Morgan fingerprint density at radius 1 is 1.37 bits per heavy atom. The van der Waals surface area contributed by atoms with Crippen LogP contribution in [0.15, 0.2) is 27.7 Å². The molecule has 186 valence electrons. The van der Waals surface area contributed by atoms with Gasteiger partial charge in [0, 0.05) is 22.7 Å². The topological polar surface area (TPSA) is 93.3 Å². The van der Waals surface area contributed by atoms with E-state index >= 15 is 0 Å². The van der Waals surface area contributed by atoms with Crippen molar-refractivity contribution in [2.45, 2.75) is 56.8 Å². The van der Waals surface area contributed by atoms with Crippen LogP contribution >= 0.6 is 27.5 Å². The number of fused-ring (bicyclic) bond motifs is 3. The number of amides is 1. The molecule has 3 aromatic rings. The van der Waals surface area contributed by atoms with Crippen LogP contribution in [0.2, 0.25) is 5.02 Å². The number of nitrogens with one attached hydrogen (secondary N) is 2. The summed E-state index contributed by atoms with van der Waals surface area (Å²) in [7, 11) is 0. The van der Waals surface area contributed by atoms with Crippen molar-refractivity contribution in [1.82, 2.24) is 24.5 Å². The van der Waals surface area contributed by atoms with Gasteiger partial charge >= 0.3 is 6.18 Å². The second-order valence-corrected chi connectivity index (χ2v) is 10.3. The molecule has 1 saturated heterocycles. The molecule has 1 spiro atoms. The first-order valence-electron chi connectivity index (χ1n) is 11.1. The highest BCUT2D eigenvalue weighted by Gasteiger charge is 2.45. The molecule has 2 aliphatic rings. The van der Waals surface area contributed by atoms with Gasteiger partial charge in [0.25, 0.3) is 5.56 Å². The number of nitrogens with zero attached hydrogens (tertiary/aromatic N) is 4. The number of hydrogen-bond donors (Lipinski definition) is 2. The van der Waals surface area contributed by atoms with Crippen LogP contribution in [0, 0.1) is 0 Å². The minimum Gasteiger partial charge on any atom is -0.323 e. The Morgan fingerprint density at radius 3 is 2.83 bits per heavy atom. The number of anilines is 1. The van der Waals surface area contributed by atoms with Crippen molar-refractivity contribution in [2.24, 2.45) is 0 Å². The molecule has 2 aromatic heterocycles. The predicted molar refractivity (Wildman–Crippen MR) is 127 cm³/mol. The monoisotopic (exact) mass is 572 g/mol. The predicted octanol–water partition coefficient (Wildman–Crippen LogP) is 3.92. The number of halogens is 5. The summed E-state index contributed by atoms with van der Waals surface area (Å²) in [4.78, 5) is 30.8. The van der Waals surface area contributed by atoms with Crippen LogP contribution in [0.3, 0.4) is 0 Å². The lowest BCUT2D eigenvalue weighted by Gasteiger charge is -2.37. The highest BCUT2D eigenvalue weighted by molar-refractivity contribution is 9.10. The molecule has 8 nitrogen and oxygen atoms in total. The Kier molecular flexibility index (Phi) is 5.96. The van der Waals surface area contributed by atoms with Crippen LogP contribution in [0.1, 0.15) is 43.0 Å². The maximum Gasteiger partial charge on any atom is 0.416 e. The van der Waals surface area contributed by atoms with Crippen molar-refractivity contribution in [2.75, 3.05) is 11.9 Å². The molecule has 0 saturated carbocycles. The molecular formula is C22H21BrClF3N6O2. The summed E-state index contributed by atoms with van der Waals surface area (Å²) < 4.78 is 41.9. The number of alkyl halides is 3. The fraction of sp³-hybridized carbons (Fsp3) is 0.455. The van der Waals surface area contributed by atoms with Crippen molar-refractivity contribution in [1.29, 1.82) is 0 Å². The maximum absolute atomic E-state index is 13.5. The average Bonchev–Trinajstić information content (AvgIpc) is 3.33. The van der Waals surface area contributed by atoms with E-state index in [4.69, 9.17) is 11.6 Å². The number of piperidine rings is 1. The van der Waals surface area contributed by atoms with Gasteiger partial charge in [0.05, 0.1) is 16.3 Å². The molecule has 1 fully saturated rings. The molecule has 1 aliphatic heterocycles. The summed E-state index contributed by atoms with van der Waals surface area (Å²) in [5, 5.41) is 9.97. The average molecular weight is 574 g/mol. The van der Waals surface area contributed by atoms with Crippen molar-refractivity contribution < 1.29 is 18.0 Å². The first kappa shape index (κ1) is 24.3. The molecule has 3 heterocycles. The van der Waals surface area contributed by atoms with E-state index in [2.05, 4.69) is 43.6 Å². The number of benzene rings is 1. The fourth-order valence-corrected chi connectivity index (χ4v) is 5.96. The maximum atomic E-state index is 13.5. The van der Waals surface area contributed by atoms with Crippen molar-refractivity contribution >= 4 is 44.9 Å². The zero-order valence-electron chi connectivity index (χ0n) is 18.5. The first-order chi connectivity index (χ1) is 16.5. The molecule has 35 heavy (non-hydrogen) atoms. The standard InChI is InChI=1S/C22H21BrClF3N6O2/c1-11-9-21(6-7-28-11)5-4-15-17(21)18(35)33-20(30-19(23)31-33)32(15)10-16(34)29-14-3-2-12(8-13(14)24)22(25,26)27/h2-3,8,11,28H,4-7,9-10H2,1H3,(H,29,34). The Labute approximate surface area is 211 Å². The van der Waals surface area contributed by atoms with E-state index in [1.807, 2.05) is 0 Å². The summed E-state index contributed by atoms with van der Waals surface area (Å²) in [6.45, 7) is 2.66. The first-order valence-corrected chi connectivity index (χ1v) is 12.2. The number of carbonyl (C=O) groups excluding carboxylic acids is 1. The number of aromatic nitrogens is 4. The molecule has 1 aromatic carbocycles. The number of carbonyl (C=O) groups is 1. The van der Waals surface area contributed by atoms with E-state index in [9.17, 15) is 22.8 Å². The van der Waals surface area contributed by atoms with Gasteiger partial charge in [0.2, 0.25) is 16.4 Å². The van der Waals surface area contributed by atoms with E-state index < -0.39 is 17.6 Å². The quantitative estimate of drug-likeness (QED) is 0.496. The molecule has 0 radical (unpaired) electrons. The van der Waals surface area contributed by atoms with Gasteiger partial charge in [0.15, 0.2) is 0 Å². The molecular weight excluding hydrogens is 553 g/mol. The van der Waals surface area contributed by atoms with Crippen LogP contribution in [0.25, 0.3) is 5.78 Å². The van der Waals surface area contributed by atoms with Crippen molar-refractivity contribution in [3.05, 3.63) is 55.1 Å². The molecule has 5 rings (SSSR count). The van der Waals surface area contributed by atoms with Gasteiger partial charge in [-0.2, -0.15) is 22.7 Å². The van der Waals surface area contributed by atoms with Gasteiger partial charge in [-0.15, -0.1) is 5.10 Å². The van der Waals surface area contributed by atoms with Gasteiger partial charge in [-0.25, -0.2) is 0 Å². The Bertz CT molecular complexity index is 1400. The third kappa shape index (κ3) is 4.25. The molecule has 2 atom stereocenters. The summed E-state index contributed by atoms with van der Waals surface area (Å²) >= 11 is 9.22. The van der Waals surface area contributed by atoms with Crippen molar-refractivity contribution in [3.8, 4) is 0 Å². The SMILES string of the molecule is CC1CC2(CCN1)CCc1c2c(=O)n2nc(Br)nc2n1CC(=O)Nc1ccc(C(F)(F)F)cc1Cl. The lowest BCUT2D eigenvalue weighted by molar-refractivity contribution is -0.137. The zero-order chi connectivity index (χ0) is 25.1. The molecule has 2 unspecified atom stereocenters. The lowest BCUT2D eigenvalue weighted by Crippen LogP contribution is -2.46. The van der Waals surface area contributed by atoms with Crippen LogP contribution in [0.4, 0.5) is 18.9 Å². The lowest BCUT2D eigenvalue weighted by atomic mass is 9.72. The van der Waals surface area contributed by atoms with Gasteiger partial charge in [-0.1, -0.05) is 11.6 Å². The van der Waals surface area contributed by atoms with E-state index in [0.29, 0.717) is 12.0 Å². The second-order valence-electron chi connectivity index (χ2n) is 9.14. The molecule has 1 amide bonds. The third-order valence-corrected chi connectivity index (χ3v) is 7.51. The minimum atomic E-state index is -4.54. The smallest absolute Gasteiger partial charge is 0.323 e. The molecule has 2 N–H and O–H groups in total. The Hall–Kier alpha value is -2.44. The Balaban J connectivity index is 1.52. The van der Waals surface area contributed by atoms with E-state index in [0.717, 1.165) is 49.7 Å². The van der Waals surface area contributed by atoms with E-state index in [1.165, 1.54) is 4.52 Å². The third-order valence-electron chi connectivity index (χ3n) is 6.86.